The second-order valence-electron chi connectivity index (χ2n) is 5.56. The lowest BCUT2D eigenvalue weighted by atomic mass is 9.76. The zero-order chi connectivity index (χ0) is 17.8. The minimum Gasteiger partial charge on any atom is -0.394 e. The molecule has 136 valence electrons. The number of carbonyl (C=O) groups excluding carboxylic acids is 1. The van der Waals surface area contributed by atoms with Gasteiger partial charge in [0, 0.05) is 0 Å². The largest absolute Gasteiger partial charge is 0.394 e. The van der Waals surface area contributed by atoms with E-state index in [0.717, 1.165) is 0 Å². The van der Waals surface area contributed by atoms with Gasteiger partial charge in [-0.2, -0.15) is 5.26 Å². The van der Waals surface area contributed by atoms with Crippen molar-refractivity contribution in [2.24, 2.45) is 11.5 Å². The van der Waals surface area contributed by atoms with E-state index in [2.05, 4.69) is 4.89 Å². The molecule has 1 aliphatic heterocycles. The molecule has 1 saturated heterocycles. The maximum Gasteiger partial charge on any atom is 0.367 e. The van der Waals surface area contributed by atoms with Gasteiger partial charge in [0.1, 0.15) is 24.4 Å². The number of aliphatic hydroxyl groups is 5. The molecule has 0 bridgehead atoms. The second kappa shape index (κ2) is 7.79. The lowest BCUT2D eigenvalue weighted by Gasteiger charge is -2.51. The Bertz CT molecular complexity index is 410. The molecule has 1 heterocycles. The van der Waals surface area contributed by atoms with Crippen molar-refractivity contribution in [3.8, 4) is 0 Å². The monoisotopic (exact) mass is 340 g/mol. The van der Waals surface area contributed by atoms with Crippen LogP contribution in [0.5, 0.6) is 0 Å². The number of hydrogen-bond acceptors (Lipinski definition) is 11. The first-order chi connectivity index (χ1) is 10.7. The van der Waals surface area contributed by atoms with Crippen molar-refractivity contribution in [2.45, 2.75) is 55.0 Å². The van der Waals surface area contributed by atoms with E-state index < -0.39 is 48.3 Å². The average Bonchev–Trinajstić information content (AvgIpc) is 2.55. The number of aliphatic hydroxyl groups excluding tert-OH is 4. The smallest absolute Gasteiger partial charge is 0.367 e. The molecule has 1 aliphatic rings. The quantitative estimate of drug-likeness (QED) is 0.127. The van der Waals surface area contributed by atoms with Gasteiger partial charge in [0.2, 0.25) is 5.79 Å². The fourth-order valence-electron chi connectivity index (χ4n) is 2.58. The van der Waals surface area contributed by atoms with Crippen LogP contribution < -0.4 is 11.5 Å². The predicted molar refractivity (Wildman–Crippen MR) is 73.5 cm³/mol. The van der Waals surface area contributed by atoms with Crippen molar-refractivity contribution in [1.82, 2.24) is 0 Å². The maximum absolute atomic E-state index is 11.9. The number of carbonyl (C=O) groups is 1. The molecule has 0 saturated carbocycles. The van der Waals surface area contributed by atoms with Crippen molar-refractivity contribution < 1.29 is 45.2 Å². The Morgan fingerprint density at radius 3 is 2.35 bits per heavy atom. The second-order valence-corrected chi connectivity index (χ2v) is 5.56. The summed E-state index contributed by atoms with van der Waals surface area (Å²) in [4.78, 5) is 15.5. The van der Waals surface area contributed by atoms with Crippen LogP contribution in [-0.2, 0) is 14.4 Å². The molecule has 0 radical (unpaired) electrons. The molecular formula is C12H24N2O9. The Hall–Kier alpha value is -0.890. The van der Waals surface area contributed by atoms with Gasteiger partial charge in [-0.25, -0.2) is 4.79 Å². The maximum atomic E-state index is 11.9. The number of unbranched alkanes of at least 4 members (excludes halogenated alkanes) is 1. The molecule has 0 aromatic carbocycles. The first kappa shape index (κ1) is 20.2. The molecule has 10 N–H and O–H groups in total. The Kier molecular flexibility index (Phi) is 6.82. The van der Waals surface area contributed by atoms with E-state index in [1.807, 2.05) is 0 Å². The van der Waals surface area contributed by atoms with E-state index in [9.17, 15) is 25.2 Å². The lowest BCUT2D eigenvalue weighted by Crippen LogP contribution is -2.78. The first-order valence-electron chi connectivity index (χ1n) is 7.09. The molecule has 0 aromatic heterocycles. The van der Waals surface area contributed by atoms with Gasteiger partial charge in [0.25, 0.3) is 0 Å². The fourth-order valence-corrected chi connectivity index (χ4v) is 2.58. The van der Waals surface area contributed by atoms with Gasteiger partial charge in [-0.05, 0) is 25.8 Å². The van der Waals surface area contributed by atoms with Crippen LogP contribution in [0.25, 0.3) is 0 Å². The van der Waals surface area contributed by atoms with E-state index in [1.165, 1.54) is 0 Å². The van der Waals surface area contributed by atoms with Gasteiger partial charge in [0.05, 0.1) is 6.61 Å². The van der Waals surface area contributed by atoms with E-state index in [-0.39, 0.29) is 19.4 Å². The summed E-state index contributed by atoms with van der Waals surface area (Å²) < 4.78 is 5.01. The van der Waals surface area contributed by atoms with Gasteiger partial charge in [0.15, 0.2) is 5.54 Å². The van der Waals surface area contributed by atoms with Crippen molar-refractivity contribution in [1.29, 1.82) is 0 Å². The van der Waals surface area contributed by atoms with Gasteiger partial charge in [-0.1, -0.05) is 0 Å². The number of ether oxygens (including phenoxy) is 1. The highest BCUT2D eigenvalue weighted by atomic mass is 17.1. The summed E-state index contributed by atoms with van der Waals surface area (Å²) in [5.74, 6) is -4.44. The zero-order valence-electron chi connectivity index (χ0n) is 12.4. The van der Waals surface area contributed by atoms with Crippen LogP contribution in [0.1, 0.15) is 19.3 Å². The fraction of sp³-hybridized carbons (Fsp3) is 0.917. The van der Waals surface area contributed by atoms with Crippen LogP contribution in [0.15, 0.2) is 0 Å². The molecule has 11 heteroatoms. The van der Waals surface area contributed by atoms with E-state index in [0.29, 0.717) is 6.42 Å². The molecule has 23 heavy (non-hydrogen) atoms. The van der Waals surface area contributed by atoms with Crippen LogP contribution in [0.2, 0.25) is 0 Å². The summed E-state index contributed by atoms with van der Waals surface area (Å²) in [6.45, 7) is -0.576. The highest BCUT2D eigenvalue weighted by molar-refractivity contribution is 5.81. The molecule has 1 rings (SSSR count). The Morgan fingerprint density at radius 2 is 1.87 bits per heavy atom. The molecule has 11 nitrogen and oxygen atoms in total. The van der Waals surface area contributed by atoms with Crippen molar-refractivity contribution >= 4 is 5.97 Å². The number of rotatable bonds is 7. The average molecular weight is 340 g/mol. The summed E-state index contributed by atoms with van der Waals surface area (Å²) in [5.41, 5.74) is 8.68. The van der Waals surface area contributed by atoms with Crippen LogP contribution in [0, 0.1) is 0 Å². The molecule has 6 atom stereocenters. The van der Waals surface area contributed by atoms with Crippen LogP contribution in [0.4, 0.5) is 0 Å². The molecule has 0 aliphatic carbocycles. The van der Waals surface area contributed by atoms with Crippen LogP contribution in [0.3, 0.4) is 0 Å². The predicted octanol–water partition coefficient (Wildman–Crippen LogP) is -4.01. The summed E-state index contributed by atoms with van der Waals surface area (Å²) in [5, 5.41) is 58.0. The standard InChI is InChI=1S/C12H24N2O9/c13-4-2-1-3-11(14,10(19)23-21)12(20)9(18)8(17)7(16)6(5-15)22-12/h6-9,15-18,20-21H,1-5,13-14H2/t6-,7+,8+,9-,11?,12-/m1/s1. The SMILES string of the molecule is NCCCCC(N)(C(=O)OO)[C@]1(O)O[C@H](CO)[C@H](O)[C@H](O)[C@H]1O. The number of hydrogen-bond donors (Lipinski definition) is 8. The normalized spacial score (nSPS) is 37.2. The van der Waals surface area contributed by atoms with Crippen molar-refractivity contribution in [3.05, 3.63) is 0 Å². The molecule has 0 spiro atoms. The van der Waals surface area contributed by atoms with E-state index in [4.69, 9.17) is 26.6 Å². The molecule has 0 amide bonds. The van der Waals surface area contributed by atoms with Gasteiger partial charge >= 0.3 is 5.97 Å². The third-order valence-corrected chi connectivity index (χ3v) is 4.08. The summed E-state index contributed by atoms with van der Waals surface area (Å²) in [7, 11) is 0. The Labute approximate surface area is 132 Å². The summed E-state index contributed by atoms with van der Waals surface area (Å²) in [6.07, 6.45) is -7.15. The summed E-state index contributed by atoms with van der Waals surface area (Å²) >= 11 is 0. The third kappa shape index (κ3) is 3.47. The van der Waals surface area contributed by atoms with Gasteiger partial charge in [-0.15, -0.1) is 0 Å². The Morgan fingerprint density at radius 1 is 1.26 bits per heavy atom. The van der Waals surface area contributed by atoms with E-state index in [1.54, 1.807) is 0 Å². The third-order valence-electron chi connectivity index (χ3n) is 4.08. The molecule has 1 unspecified atom stereocenters. The Balaban J connectivity index is 3.22. The minimum atomic E-state index is -2.92. The lowest BCUT2D eigenvalue weighted by molar-refractivity contribution is -0.373. The van der Waals surface area contributed by atoms with Gasteiger partial charge in [-0.3, -0.25) is 4.89 Å². The molecule has 0 aromatic rings. The van der Waals surface area contributed by atoms with E-state index >= 15 is 0 Å². The van der Waals surface area contributed by atoms with Crippen molar-refractivity contribution in [2.75, 3.05) is 13.2 Å². The van der Waals surface area contributed by atoms with Crippen LogP contribution >= 0.6 is 0 Å². The van der Waals surface area contributed by atoms with Crippen molar-refractivity contribution in [3.63, 3.8) is 0 Å². The summed E-state index contributed by atoms with van der Waals surface area (Å²) in [6, 6.07) is 0. The van der Waals surface area contributed by atoms with Gasteiger partial charge < -0.3 is 41.7 Å². The highest BCUT2D eigenvalue weighted by Crippen LogP contribution is 2.38. The minimum absolute atomic E-state index is 0.197. The van der Waals surface area contributed by atoms with Crippen LogP contribution in [-0.4, -0.2) is 85.7 Å². The molecular weight excluding hydrogens is 316 g/mol. The topological polar surface area (TPSA) is 209 Å². The first-order valence-corrected chi connectivity index (χ1v) is 7.09. The zero-order valence-corrected chi connectivity index (χ0v) is 12.4. The molecule has 1 fully saturated rings. The highest BCUT2D eigenvalue weighted by Gasteiger charge is 2.65. The number of nitrogens with two attached hydrogens (primary N) is 2.